The van der Waals surface area contributed by atoms with Gasteiger partial charge in [-0.3, -0.25) is 9.69 Å². The van der Waals surface area contributed by atoms with Gasteiger partial charge in [0, 0.05) is 23.4 Å². The Labute approximate surface area is 228 Å². The Morgan fingerprint density at radius 2 is 2.00 bits per heavy atom. The fourth-order valence-electron chi connectivity index (χ4n) is 4.70. The van der Waals surface area contributed by atoms with E-state index in [0.29, 0.717) is 33.3 Å². The molecule has 196 valence electrons. The van der Waals surface area contributed by atoms with Crippen molar-refractivity contribution in [2.45, 2.75) is 18.9 Å². The van der Waals surface area contributed by atoms with E-state index in [-0.39, 0.29) is 23.5 Å². The molecule has 7 nitrogen and oxygen atoms in total. The van der Waals surface area contributed by atoms with Crippen molar-refractivity contribution in [1.82, 2.24) is 14.9 Å². The molecule has 1 atom stereocenters. The van der Waals surface area contributed by atoms with Gasteiger partial charge in [0.1, 0.15) is 23.0 Å². The average molecular weight is 545 g/mol. The van der Waals surface area contributed by atoms with E-state index in [2.05, 4.69) is 31.6 Å². The third-order valence-corrected chi connectivity index (χ3v) is 7.02. The van der Waals surface area contributed by atoms with Gasteiger partial charge in [-0.15, -0.1) is 0 Å². The summed E-state index contributed by atoms with van der Waals surface area (Å²) in [4.78, 5) is 23.9. The van der Waals surface area contributed by atoms with Gasteiger partial charge >= 0.3 is 0 Å². The van der Waals surface area contributed by atoms with E-state index in [1.807, 2.05) is 13.1 Å². The van der Waals surface area contributed by atoms with E-state index in [4.69, 9.17) is 11.6 Å². The van der Waals surface area contributed by atoms with Gasteiger partial charge in [-0.05, 0) is 68.4 Å². The van der Waals surface area contributed by atoms with E-state index in [1.165, 1.54) is 18.5 Å². The molecule has 0 bridgehead atoms. The third kappa shape index (κ3) is 5.43. The number of hydrogen-bond donors (Lipinski definition) is 2. The van der Waals surface area contributed by atoms with Gasteiger partial charge in [0.05, 0.1) is 28.2 Å². The van der Waals surface area contributed by atoms with Crippen molar-refractivity contribution < 1.29 is 13.6 Å². The summed E-state index contributed by atoms with van der Waals surface area (Å²) >= 11 is 5.79. The fraction of sp³-hybridized carbons (Fsp3) is 0.172. The van der Waals surface area contributed by atoms with Gasteiger partial charge < -0.3 is 10.6 Å². The number of carbonyl (C=O) groups is 1. The minimum atomic E-state index is -0.970. The van der Waals surface area contributed by atoms with Crippen LogP contribution in [-0.2, 0) is 4.79 Å². The highest BCUT2D eigenvalue weighted by Crippen LogP contribution is 2.40. The van der Waals surface area contributed by atoms with E-state index in [1.54, 1.807) is 36.4 Å². The summed E-state index contributed by atoms with van der Waals surface area (Å²) in [7, 11) is 2.02. The Hall–Kier alpha value is -4.39. The van der Waals surface area contributed by atoms with Crippen LogP contribution in [0.4, 0.5) is 26.0 Å². The topological polar surface area (TPSA) is 93.9 Å². The van der Waals surface area contributed by atoms with E-state index in [9.17, 15) is 18.8 Å². The Balaban J connectivity index is 1.63. The van der Waals surface area contributed by atoms with E-state index < -0.39 is 16.7 Å². The van der Waals surface area contributed by atoms with Gasteiger partial charge in [0.15, 0.2) is 5.82 Å². The predicted octanol–water partition coefficient (Wildman–Crippen LogP) is 6.43. The molecule has 0 spiro atoms. The van der Waals surface area contributed by atoms with E-state index >= 15 is 0 Å². The number of aromatic nitrogens is 2. The summed E-state index contributed by atoms with van der Waals surface area (Å²) in [5, 5.41) is 15.2. The summed E-state index contributed by atoms with van der Waals surface area (Å²) in [5.41, 5.74) is 2.41. The molecule has 1 fully saturated rings. The van der Waals surface area contributed by atoms with Crippen LogP contribution >= 0.6 is 11.6 Å². The Bertz CT molecular complexity index is 1650. The molecule has 39 heavy (non-hydrogen) atoms. The minimum Gasteiger partial charge on any atom is -0.337 e. The molecule has 0 saturated carbocycles. The zero-order valence-corrected chi connectivity index (χ0v) is 21.6. The van der Waals surface area contributed by atoms with Crippen LogP contribution in [0.2, 0.25) is 5.02 Å². The number of carbonyl (C=O) groups excluding carboxylic acids is 1. The van der Waals surface area contributed by atoms with Crippen LogP contribution < -0.4 is 10.6 Å². The normalized spacial score (nSPS) is 15.5. The lowest BCUT2D eigenvalue weighted by Gasteiger charge is -2.17. The number of benzene rings is 3. The number of likely N-dealkylation sites (tertiary alicyclic amines) is 1. The second-order valence-corrected chi connectivity index (χ2v) is 9.56. The van der Waals surface area contributed by atoms with Gasteiger partial charge in [0.25, 0.3) is 0 Å². The van der Waals surface area contributed by atoms with Crippen molar-refractivity contribution in [2.24, 2.45) is 0 Å². The lowest BCUT2D eigenvalue weighted by Crippen LogP contribution is -2.23. The summed E-state index contributed by atoms with van der Waals surface area (Å²) < 4.78 is 28.5. The number of likely N-dealkylation sites (N-methyl/N-ethyl adjacent to an activating group) is 1. The molecule has 0 aliphatic carbocycles. The first-order chi connectivity index (χ1) is 18.9. The molecule has 1 saturated heterocycles. The first-order valence-electron chi connectivity index (χ1n) is 12.2. The molecular formula is C29H23ClF2N6O. The second-order valence-electron chi connectivity index (χ2n) is 9.18. The number of rotatable bonds is 6. The molecule has 2 N–H and O–H groups in total. The lowest BCUT2D eigenvalue weighted by molar-refractivity contribution is -0.111. The number of halogens is 3. The van der Waals surface area contributed by atoms with Crippen molar-refractivity contribution in [3.63, 3.8) is 0 Å². The number of amides is 1. The Kier molecular flexibility index (Phi) is 7.50. The monoisotopic (exact) mass is 544 g/mol. The highest BCUT2D eigenvalue weighted by Gasteiger charge is 2.20. The maximum atomic E-state index is 14.8. The van der Waals surface area contributed by atoms with Crippen molar-refractivity contribution in [3.05, 3.63) is 89.2 Å². The van der Waals surface area contributed by atoms with E-state index in [0.717, 1.165) is 25.5 Å². The number of nitrogens with one attached hydrogen (secondary N) is 2. The molecule has 10 heteroatoms. The van der Waals surface area contributed by atoms with Gasteiger partial charge in [-0.25, -0.2) is 18.7 Å². The fourth-order valence-corrected chi connectivity index (χ4v) is 4.86. The largest absolute Gasteiger partial charge is 0.337 e. The van der Waals surface area contributed by atoms with Gasteiger partial charge in [-0.1, -0.05) is 29.8 Å². The number of nitriles is 1. The second kappa shape index (κ2) is 11.2. The van der Waals surface area contributed by atoms with Crippen molar-refractivity contribution >= 4 is 45.6 Å². The predicted molar refractivity (Wildman–Crippen MR) is 148 cm³/mol. The minimum absolute atomic E-state index is 0.0869. The van der Waals surface area contributed by atoms with Crippen LogP contribution in [-0.4, -0.2) is 40.4 Å². The molecule has 1 aliphatic heterocycles. The molecule has 0 unspecified atom stereocenters. The molecule has 0 radical (unpaired) electrons. The number of fused-ring (bicyclic) bond motifs is 1. The molecule has 4 aromatic rings. The maximum absolute atomic E-state index is 14.8. The SMILES string of the molecule is CN1CCC[C@@H]1/C=C/C(=O)Nc1ccc2ncnc(Nc3ccc(F)c(Cl)c3F)c2c1-c1cccc(C#N)c1. The highest BCUT2D eigenvalue weighted by molar-refractivity contribution is 6.31. The molecule has 5 rings (SSSR count). The number of hydrogen-bond acceptors (Lipinski definition) is 6. The van der Waals surface area contributed by atoms with Crippen molar-refractivity contribution in [3.8, 4) is 17.2 Å². The molecule has 1 aliphatic rings. The lowest BCUT2D eigenvalue weighted by atomic mass is 9.97. The number of nitrogens with zero attached hydrogens (tertiary/aromatic N) is 4. The maximum Gasteiger partial charge on any atom is 0.248 e. The van der Waals surface area contributed by atoms with Crippen molar-refractivity contribution in [2.75, 3.05) is 24.2 Å². The summed E-state index contributed by atoms with van der Waals surface area (Å²) in [5.74, 6) is -1.97. The van der Waals surface area contributed by atoms with Crippen LogP contribution in [0.5, 0.6) is 0 Å². The third-order valence-electron chi connectivity index (χ3n) is 6.68. The number of anilines is 3. The van der Waals surface area contributed by atoms with Crippen LogP contribution in [0.15, 0.2) is 67.0 Å². The molecule has 3 aromatic carbocycles. The smallest absolute Gasteiger partial charge is 0.248 e. The molecular weight excluding hydrogens is 522 g/mol. The first-order valence-corrected chi connectivity index (χ1v) is 12.6. The van der Waals surface area contributed by atoms with Crippen LogP contribution in [0.3, 0.4) is 0 Å². The van der Waals surface area contributed by atoms with Gasteiger partial charge in [-0.2, -0.15) is 5.26 Å². The Morgan fingerprint density at radius 1 is 1.18 bits per heavy atom. The van der Waals surface area contributed by atoms with Crippen molar-refractivity contribution in [1.29, 1.82) is 5.26 Å². The Morgan fingerprint density at radius 3 is 2.77 bits per heavy atom. The summed E-state index contributed by atoms with van der Waals surface area (Å²) in [6.45, 7) is 0.982. The van der Waals surface area contributed by atoms with Crippen LogP contribution in [0.25, 0.3) is 22.0 Å². The zero-order chi connectivity index (χ0) is 27.5. The molecule has 2 heterocycles. The average Bonchev–Trinajstić information content (AvgIpc) is 3.36. The molecule has 1 aromatic heterocycles. The zero-order valence-electron chi connectivity index (χ0n) is 20.9. The summed E-state index contributed by atoms with van der Waals surface area (Å²) in [6, 6.07) is 14.9. The van der Waals surface area contributed by atoms with Crippen LogP contribution in [0, 0.1) is 23.0 Å². The summed E-state index contributed by atoms with van der Waals surface area (Å²) in [6.07, 6.45) is 6.77. The molecule has 1 amide bonds. The van der Waals surface area contributed by atoms with Crippen LogP contribution in [0.1, 0.15) is 18.4 Å². The highest BCUT2D eigenvalue weighted by atomic mass is 35.5. The van der Waals surface area contributed by atoms with Gasteiger partial charge in [0.2, 0.25) is 5.91 Å². The quantitative estimate of drug-likeness (QED) is 0.214. The standard InChI is InChI=1S/C29H23ClF2N6O/c1-38-13-3-6-19(38)7-12-24(39)36-22-11-10-21-26(25(22)18-5-2-4-17(14-18)15-33)29(35-16-34-21)37-23-9-8-20(31)27(30)28(23)32/h2,4-5,7-12,14,16,19H,3,6,13H2,1H3,(H,36,39)(H,34,35,37)/b12-7+/t19-/m1/s1. The first kappa shape index (κ1) is 26.2.